The van der Waals surface area contributed by atoms with Gasteiger partial charge in [0.15, 0.2) is 12.0 Å². The van der Waals surface area contributed by atoms with Crippen LogP contribution in [0.2, 0.25) is 0 Å². The largest absolute Gasteiger partial charge is 0.474 e. The van der Waals surface area contributed by atoms with Crippen LogP contribution in [0.4, 0.5) is 10.1 Å². The van der Waals surface area contributed by atoms with Crippen LogP contribution in [0.3, 0.4) is 0 Å². The van der Waals surface area contributed by atoms with Gasteiger partial charge < -0.3 is 9.47 Å². The van der Waals surface area contributed by atoms with Crippen molar-refractivity contribution < 1.29 is 18.8 Å². The highest BCUT2D eigenvalue weighted by molar-refractivity contribution is 5.95. The number of hydrogen-bond acceptors (Lipinski definition) is 6. The molecule has 0 N–H and O–H groups in total. The van der Waals surface area contributed by atoms with Gasteiger partial charge in [-0.15, -0.1) is 0 Å². The fourth-order valence-electron chi connectivity index (χ4n) is 3.60. The Balaban J connectivity index is 1.63. The SMILES string of the molecule is O=[N+]([O-])c1cc(F)c2c(c1)c(-c1ccc(OC3CC3)nc1)nn2C1CCCCO1. The molecule has 8 nitrogen and oxygen atoms in total. The number of nitro benzene ring substituents is 1. The highest BCUT2D eigenvalue weighted by Crippen LogP contribution is 2.36. The number of ether oxygens (including phenoxy) is 2. The Bertz CT molecular complexity index is 1070. The highest BCUT2D eigenvalue weighted by Gasteiger charge is 2.27. The van der Waals surface area contributed by atoms with Crippen molar-refractivity contribution in [2.45, 2.75) is 44.4 Å². The normalized spacial score (nSPS) is 19.4. The predicted octanol–water partition coefficient (Wildman–Crippen LogP) is 4.39. The molecule has 2 fully saturated rings. The van der Waals surface area contributed by atoms with E-state index in [0.29, 0.717) is 35.6 Å². The number of halogens is 1. The van der Waals surface area contributed by atoms with Crippen LogP contribution < -0.4 is 4.74 Å². The molecule has 1 aliphatic heterocycles. The number of hydrogen-bond donors (Lipinski definition) is 0. The molecule has 3 aromatic rings. The molecule has 3 heterocycles. The summed E-state index contributed by atoms with van der Waals surface area (Å²) in [5, 5.41) is 16.2. The van der Waals surface area contributed by atoms with Crippen LogP contribution in [0.1, 0.15) is 38.3 Å². The smallest absolute Gasteiger partial charge is 0.273 e. The lowest BCUT2D eigenvalue weighted by atomic mass is 10.1. The minimum Gasteiger partial charge on any atom is -0.474 e. The Kier molecular flexibility index (Phi) is 4.39. The van der Waals surface area contributed by atoms with Gasteiger partial charge in [-0.25, -0.2) is 14.1 Å². The van der Waals surface area contributed by atoms with Crippen molar-refractivity contribution in [3.8, 4) is 17.1 Å². The minimum atomic E-state index is -0.691. The second-order valence-corrected chi connectivity index (χ2v) is 7.40. The van der Waals surface area contributed by atoms with Gasteiger partial charge in [-0.05, 0) is 38.2 Å². The number of fused-ring (bicyclic) bond motifs is 1. The molecular weight excluding hydrogens is 379 g/mol. The maximum atomic E-state index is 14.9. The molecule has 0 spiro atoms. The molecule has 1 saturated carbocycles. The van der Waals surface area contributed by atoms with Crippen LogP contribution in [-0.2, 0) is 4.74 Å². The first-order chi connectivity index (χ1) is 14.1. The molecule has 5 rings (SSSR count). The summed E-state index contributed by atoms with van der Waals surface area (Å²) in [5.74, 6) is -0.170. The summed E-state index contributed by atoms with van der Waals surface area (Å²) in [6.07, 6.45) is 6.09. The van der Waals surface area contributed by atoms with E-state index in [-0.39, 0.29) is 17.3 Å². The standard InChI is InChI=1S/C20H19FN4O4/c21-16-10-13(25(26)27)9-15-19(12-4-7-17(22-11-12)29-14-5-6-14)23-24(20(15)16)18-3-1-2-8-28-18/h4,7,9-11,14,18H,1-3,5-6,8H2. The molecule has 1 atom stereocenters. The Labute approximate surface area is 165 Å². The fraction of sp³-hybridized carbons (Fsp3) is 0.400. The van der Waals surface area contributed by atoms with Crippen molar-refractivity contribution in [1.82, 2.24) is 14.8 Å². The van der Waals surface area contributed by atoms with Crippen molar-refractivity contribution in [2.24, 2.45) is 0 Å². The number of nitro groups is 1. The molecule has 1 aliphatic carbocycles. The minimum absolute atomic E-state index is 0.204. The quantitative estimate of drug-likeness (QED) is 0.468. The van der Waals surface area contributed by atoms with Crippen LogP contribution in [0.15, 0.2) is 30.5 Å². The molecular formula is C20H19FN4O4. The summed E-state index contributed by atoms with van der Waals surface area (Å²) in [7, 11) is 0. The van der Waals surface area contributed by atoms with E-state index in [1.54, 1.807) is 18.3 Å². The van der Waals surface area contributed by atoms with E-state index in [4.69, 9.17) is 9.47 Å². The maximum absolute atomic E-state index is 14.9. The van der Waals surface area contributed by atoms with E-state index < -0.39 is 17.0 Å². The summed E-state index contributed by atoms with van der Waals surface area (Å²) in [6.45, 7) is 0.574. The average molecular weight is 398 g/mol. The molecule has 0 radical (unpaired) electrons. The van der Waals surface area contributed by atoms with Crippen LogP contribution in [0, 0.1) is 15.9 Å². The van der Waals surface area contributed by atoms with Gasteiger partial charge in [0.05, 0.1) is 11.0 Å². The molecule has 29 heavy (non-hydrogen) atoms. The topological polar surface area (TPSA) is 92.3 Å². The predicted molar refractivity (Wildman–Crippen MR) is 102 cm³/mol. The average Bonchev–Trinajstić information content (AvgIpc) is 3.46. The third-order valence-electron chi connectivity index (χ3n) is 5.20. The van der Waals surface area contributed by atoms with Crippen LogP contribution in [-0.4, -0.2) is 32.4 Å². The molecule has 1 unspecified atom stereocenters. The van der Waals surface area contributed by atoms with Crippen molar-refractivity contribution in [3.63, 3.8) is 0 Å². The zero-order valence-electron chi connectivity index (χ0n) is 15.6. The van der Waals surface area contributed by atoms with E-state index in [1.165, 1.54) is 10.7 Å². The first-order valence-electron chi connectivity index (χ1n) is 9.71. The van der Waals surface area contributed by atoms with Gasteiger partial charge in [-0.1, -0.05) is 0 Å². The Morgan fingerprint density at radius 1 is 1.24 bits per heavy atom. The van der Waals surface area contributed by atoms with Crippen LogP contribution >= 0.6 is 0 Å². The first kappa shape index (κ1) is 18.0. The summed E-state index contributed by atoms with van der Waals surface area (Å²) in [6, 6.07) is 5.81. The van der Waals surface area contributed by atoms with Crippen molar-refractivity contribution in [1.29, 1.82) is 0 Å². The van der Waals surface area contributed by atoms with E-state index in [0.717, 1.165) is 31.7 Å². The van der Waals surface area contributed by atoms with Crippen molar-refractivity contribution >= 4 is 16.6 Å². The van der Waals surface area contributed by atoms with Gasteiger partial charge in [0.25, 0.3) is 5.69 Å². The lowest BCUT2D eigenvalue weighted by Crippen LogP contribution is -2.19. The zero-order valence-corrected chi connectivity index (χ0v) is 15.6. The molecule has 1 aromatic carbocycles. The Morgan fingerprint density at radius 3 is 2.76 bits per heavy atom. The number of benzene rings is 1. The highest BCUT2D eigenvalue weighted by atomic mass is 19.1. The van der Waals surface area contributed by atoms with Crippen molar-refractivity contribution in [2.75, 3.05) is 6.61 Å². The van der Waals surface area contributed by atoms with E-state index in [9.17, 15) is 14.5 Å². The lowest BCUT2D eigenvalue weighted by Gasteiger charge is -2.23. The molecule has 9 heteroatoms. The van der Waals surface area contributed by atoms with Gasteiger partial charge in [0, 0.05) is 35.9 Å². The third-order valence-corrected chi connectivity index (χ3v) is 5.20. The summed E-state index contributed by atoms with van der Waals surface area (Å²) >= 11 is 0. The monoisotopic (exact) mass is 398 g/mol. The van der Waals surface area contributed by atoms with Gasteiger partial charge >= 0.3 is 0 Å². The zero-order chi connectivity index (χ0) is 20.0. The number of rotatable bonds is 5. The molecule has 0 bridgehead atoms. The van der Waals surface area contributed by atoms with Crippen molar-refractivity contribution in [3.05, 3.63) is 46.4 Å². The maximum Gasteiger partial charge on any atom is 0.273 e. The molecule has 2 aromatic heterocycles. The fourth-order valence-corrected chi connectivity index (χ4v) is 3.60. The second-order valence-electron chi connectivity index (χ2n) is 7.40. The number of pyridine rings is 1. The molecule has 1 saturated heterocycles. The van der Waals surface area contributed by atoms with E-state index >= 15 is 0 Å². The lowest BCUT2D eigenvalue weighted by molar-refractivity contribution is -0.384. The van der Waals surface area contributed by atoms with Crippen LogP contribution in [0.5, 0.6) is 5.88 Å². The van der Waals surface area contributed by atoms with Crippen LogP contribution in [0.25, 0.3) is 22.2 Å². The number of aromatic nitrogens is 3. The molecule has 2 aliphatic rings. The number of nitrogens with zero attached hydrogens (tertiary/aromatic N) is 4. The summed E-state index contributed by atoms with van der Waals surface area (Å²) < 4.78 is 27.9. The summed E-state index contributed by atoms with van der Waals surface area (Å²) in [4.78, 5) is 15.0. The first-order valence-corrected chi connectivity index (χ1v) is 9.71. The summed E-state index contributed by atoms with van der Waals surface area (Å²) in [5.41, 5.74) is 0.952. The van der Waals surface area contributed by atoms with Gasteiger partial charge in [-0.3, -0.25) is 10.1 Å². The van der Waals surface area contributed by atoms with E-state index in [2.05, 4.69) is 10.1 Å². The van der Waals surface area contributed by atoms with Gasteiger partial charge in [0.2, 0.25) is 5.88 Å². The Hall–Kier alpha value is -3.07. The Morgan fingerprint density at radius 2 is 2.10 bits per heavy atom. The van der Waals surface area contributed by atoms with E-state index in [1.807, 2.05) is 0 Å². The number of non-ortho nitro benzene ring substituents is 1. The van der Waals surface area contributed by atoms with Gasteiger partial charge in [0.1, 0.15) is 17.3 Å². The third kappa shape index (κ3) is 3.42. The second kappa shape index (κ2) is 7.07. The van der Waals surface area contributed by atoms with Gasteiger partial charge in [-0.2, -0.15) is 5.10 Å². The molecule has 150 valence electrons. The molecule has 0 amide bonds.